The summed E-state index contributed by atoms with van der Waals surface area (Å²) >= 11 is 3.10. The molecule has 2 nitrogen and oxygen atoms in total. The number of halogens is 2. The topological polar surface area (TPSA) is 18.5 Å². The second-order valence-corrected chi connectivity index (χ2v) is 5.24. The van der Waals surface area contributed by atoms with E-state index in [1.54, 1.807) is 12.1 Å². The third-order valence-electron chi connectivity index (χ3n) is 1.78. The third-order valence-corrected chi connectivity index (χ3v) is 2.39. The maximum absolute atomic E-state index is 12.9. The Labute approximate surface area is 104 Å². The van der Waals surface area contributed by atoms with Crippen molar-refractivity contribution in [2.75, 3.05) is 13.2 Å². The van der Waals surface area contributed by atoms with E-state index in [4.69, 9.17) is 9.47 Å². The molecular formula is C12H16BrFO2. The second-order valence-electron chi connectivity index (χ2n) is 4.39. The van der Waals surface area contributed by atoms with Gasteiger partial charge in [0.1, 0.15) is 18.2 Å². The lowest BCUT2D eigenvalue weighted by Crippen LogP contribution is -2.22. The van der Waals surface area contributed by atoms with Gasteiger partial charge in [-0.05, 0) is 54.9 Å². The van der Waals surface area contributed by atoms with Crippen molar-refractivity contribution in [1.29, 1.82) is 0 Å². The molecule has 0 saturated heterocycles. The smallest absolute Gasteiger partial charge is 0.137 e. The molecule has 0 unspecified atom stereocenters. The monoisotopic (exact) mass is 290 g/mol. The van der Waals surface area contributed by atoms with Crippen LogP contribution in [0.1, 0.15) is 20.8 Å². The van der Waals surface area contributed by atoms with Crippen molar-refractivity contribution in [3.8, 4) is 5.75 Å². The standard InChI is InChI=1S/C12H16BrFO2/c1-12(2,3)16-7-6-15-9-4-5-11(14)10(13)8-9/h4-5,8H,6-7H2,1-3H3. The van der Waals surface area contributed by atoms with Crippen LogP contribution < -0.4 is 4.74 Å². The minimum absolute atomic E-state index is 0.160. The normalized spacial score (nSPS) is 11.6. The van der Waals surface area contributed by atoms with Gasteiger partial charge in [0.05, 0.1) is 16.7 Å². The maximum atomic E-state index is 12.9. The Balaban J connectivity index is 2.35. The highest BCUT2D eigenvalue weighted by Gasteiger charge is 2.09. The second kappa shape index (κ2) is 5.64. The molecule has 0 fully saturated rings. The number of ether oxygens (including phenoxy) is 2. The minimum Gasteiger partial charge on any atom is -0.491 e. The van der Waals surface area contributed by atoms with Crippen molar-refractivity contribution in [2.45, 2.75) is 26.4 Å². The molecule has 0 bridgehead atoms. The van der Waals surface area contributed by atoms with E-state index < -0.39 is 0 Å². The molecule has 0 radical (unpaired) electrons. The maximum Gasteiger partial charge on any atom is 0.137 e. The van der Waals surface area contributed by atoms with Crippen molar-refractivity contribution in [3.63, 3.8) is 0 Å². The first-order valence-electron chi connectivity index (χ1n) is 5.10. The predicted octanol–water partition coefficient (Wildman–Crippen LogP) is 3.78. The summed E-state index contributed by atoms with van der Waals surface area (Å²) in [5.41, 5.74) is -0.160. The van der Waals surface area contributed by atoms with Gasteiger partial charge in [0.25, 0.3) is 0 Å². The average molecular weight is 291 g/mol. The lowest BCUT2D eigenvalue weighted by atomic mass is 10.2. The lowest BCUT2D eigenvalue weighted by Gasteiger charge is -2.19. The van der Waals surface area contributed by atoms with E-state index in [0.29, 0.717) is 23.4 Å². The van der Waals surface area contributed by atoms with Crippen molar-refractivity contribution in [2.24, 2.45) is 0 Å². The van der Waals surface area contributed by atoms with Gasteiger partial charge in [-0.25, -0.2) is 4.39 Å². The molecule has 0 amide bonds. The van der Waals surface area contributed by atoms with Crippen LogP contribution in [0.2, 0.25) is 0 Å². The van der Waals surface area contributed by atoms with Crippen LogP contribution in [-0.2, 0) is 4.74 Å². The fraction of sp³-hybridized carbons (Fsp3) is 0.500. The molecule has 0 saturated carbocycles. The molecule has 90 valence electrons. The average Bonchev–Trinajstić information content (AvgIpc) is 2.17. The first kappa shape index (κ1) is 13.5. The molecule has 0 spiro atoms. The first-order chi connectivity index (χ1) is 7.38. The van der Waals surface area contributed by atoms with E-state index in [-0.39, 0.29) is 11.4 Å². The predicted molar refractivity (Wildman–Crippen MR) is 65.3 cm³/mol. The zero-order valence-electron chi connectivity index (χ0n) is 9.72. The molecule has 0 aliphatic rings. The molecule has 0 aliphatic heterocycles. The van der Waals surface area contributed by atoms with E-state index in [2.05, 4.69) is 15.9 Å². The van der Waals surface area contributed by atoms with E-state index in [1.165, 1.54) is 6.07 Å². The van der Waals surface area contributed by atoms with Crippen LogP contribution in [0, 0.1) is 5.82 Å². The van der Waals surface area contributed by atoms with Gasteiger partial charge < -0.3 is 9.47 Å². The van der Waals surface area contributed by atoms with Gasteiger partial charge in [0, 0.05) is 0 Å². The summed E-state index contributed by atoms with van der Waals surface area (Å²) in [5.74, 6) is 0.337. The zero-order valence-corrected chi connectivity index (χ0v) is 11.3. The van der Waals surface area contributed by atoms with Crippen LogP contribution in [0.5, 0.6) is 5.75 Å². The highest BCUT2D eigenvalue weighted by molar-refractivity contribution is 9.10. The molecule has 0 atom stereocenters. The van der Waals surface area contributed by atoms with Crippen molar-refractivity contribution in [1.82, 2.24) is 0 Å². The lowest BCUT2D eigenvalue weighted by molar-refractivity contribution is -0.0163. The summed E-state index contributed by atoms with van der Waals surface area (Å²) in [6.45, 7) is 6.93. The molecule has 1 aromatic carbocycles. The summed E-state index contributed by atoms with van der Waals surface area (Å²) in [4.78, 5) is 0. The van der Waals surface area contributed by atoms with Gasteiger partial charge >= 0.3 is 0 Å². The van der Waals surface area contributed by atoms with Crippen LogP contribution in [0.3, 0.4) is 0 Å². The molecule has 1 aromatic rings. The molecular weight excluding hydrogens is 275 g/mol. The van der Waals surface area contributed by atoms with Crippen molar-refractivity contribution < 1.29 is 13.9 Å². The molecule has 0 heterocycles. The Kier molecular flexibility index (Phi) is 4.74. The fourth-order valence-corrected chi connectivity index (χ4v) is 1.43. The van der Waals surface area contributed by atoms with Crippen LogP contribution >= 0.6 is 15.9 Å². The highest BCUT2D eigenvalue weighted by atomic mass is 79.9. The Morgan fingerprint density at radius 2 is 1.94 bits per heavy atom. The van der Waals surface area contributed by atoms with E-state index in [1.807, 2.05) is 20.8 Å². The molecule has 1 rings (SSSR count). The first-order valence-corrected chi connectivity index (χ1v) is 5.89. The molecule has 0 aromatic heterocycles. The quantitative estimate of drug-likeness (QED) is 0.786. The largest absolute Gasteiger partial charge is 0.491 e. The Bertz CT molecular complexity index is 347. The fourth-order valence-electron chi connectivity index (χ4n) is 1.07. The summed E-state index contributed by atoms with van der Waals surface area (Å²) in [6, 6.07) is 4.56. The molecule has 16 heavy (non-hydrogen) atoms. The molecule has 0 aliphatic carbocycles. The molecule has 4 heteroatoms. The van der Waals surface area contributed by atoms with Crippen molar-refractivity contribution >= 4 is 15.9 Å². The van der Waals surface area contributed by atoms with Gasteiger partial charge in [-0.3, -0.25) is 0 Å². The Morgan fingerprint density at radius 1 is 1.25 bits per heavy atom. The number of hydrogen-bond donors (Lipinski definition) is 0. The van der Waals surface area contributed by atoms with Crippen LogP contribution in [-0.4, -0.2) is 18.8 Å². The van der Waals surface area contributed by atoms with Gasteiger partial charge in [-0.1, -0.05) is 0 Å². The van der Waals surface area contributed by atoms with Gasteiger partial charge in [-0.2, -0.15) is 0 Å². The SMILES string of the molecule is CC(C)(C)OCCOc1ccc(F)c(Br)c1. The van der Waals surface area contributed by atoms with Gasteiger partial charge in [0.15, 0.2) is 0 Å². The summed E-state index contributed by atoms with van der Waals surface area (Å²) < 4.78 is 24.2. The van der Waals surface area contributed by atoms with Gasteiger partial charge in [0.2, 0.25) is 0 Å². The Hall–Kier alpha value is -0.610. The zero-order chi connectivity index (χ0) is 12.2. The number of hydrogen-bond acceptors (Lipinski definition) is 2. The number of rotatable bonds is 4. The summed E-state index contributed by atoms with van der Waals surface area (Å²) in [6.07, 6.45) is 0. The summed E-state index contributed by atoms with van der Waals surface area (Å²) in [5, 5.41) is 0. The highest BCUT2D eigenvalue weighted by Crippen LogP contribution is 2.21. The number of benzene rings is 1. The minimum atomic E-state index is -0.293. The summed E-state index contributed by atoms with van der Waals surface area (Å²) in [7, 11) is 0. The van der Waals surface area contributed by atoms with Crippen LogP contribution in [0.15, 0.2) is 22.7 Å². The van der Waals surface area contributed by atoms with Crippen LogP contribution in [0.25, 0.3) is 0 Å². The van der Waals surface area contributed by atoms with Gasteiger partial charge in [-0.15, -0.1) is 0 Å². The van der Waals surface area contributed by atoms with E-state index in [9.17, 15) is 4.39 Å². The molecule has 0 N–H and O–H groups in total. The van der Waals surface area contributed by atoms with Crippen molar-refractivity contribution in [3.05, 3.63) is 28.5 Å². The van der Waals surface area contributed by atoms with E-state index in [0.717, 1.165) is 0 Å². The van der Waals surface area contributed by atoms with Crippen LogP contribution in [0.4, 0.5) is 4.39 Å². The third kappa shape index (κ3) is 4.94. The van der Waals surface area contributed by atoms with E-state index >= 15 is 0 Å². The Morgan fingerprint density at radius 3 is 2.50 bits per heavy atom.